The van der Waals surface area contributed by atoms with Gasteiger partial charge in [0.1, 0.15) is 12.4 Å². The van der Waals surface area contributed by atoms with Crippen molar-refractivity contribution in [1.29, 1.82) is 0 Å². The van der Waals surface area contributed by atoms with Crippen molar-refractivity contribution in [3.05, 3.63) is 79.6 Å². The van der Waals surface area contributed by atoms with Gasteiger partial charge < -0.3 is 4.90 Å². The zero-order chi connectivity index (χ0) is 21.3. The van der Waals surface area contributed by atoms with E-state index >= 15 is 0 Å². The van der Waals surface area contributed by atoms with Crippen LogP contribution < -0.4 is 11.1 Å². The highest BCUT2D eigenvalue weighted by atomic mass is 35.5. The molecule has 2 aromatic carbocycles. The Labute approximate surface area is 176 Å². The molecule has 0 unspecified atom stereocenters. The van der Waals surface area contributed by atoms with Crippen molar-refractivity contribution >= 4 is 28.3 Å². The van der Waals surface area contributed by atoms with Crippen LogP contribution in [0.15, 0.2) is 52.1 Å². The van der Waals surface area contributed by atoms with E-state index in [1.54, 1.807) is 41.3 Å². The average Bonchev–Trinajstić information content (AvgIpc) is 2.75. The van der Waals surface area contributed by atoms with Gasteiger partial charge in [-0.15, -0.1) is 0 Å². The van der Waals surface area contributed by atoms with Gasteiger partial charge in [-0.2, -0.15) is 0 Å². The third-order valence-electron chi connectivity index (χ3n) is 5.35. The largest absolute Gasteiger partial charge is 0.339 e. The Balaban J connectivity index is 1.42. The molecule has 0 spiro atoms. The van der Waals surface area contributed by atoms with Crippen LogP contribution in [0.25, 0.3) is 10.8 Å². The first-order valence-electron chi connectivity index (χ1n) is 9.59. The molecule has 0 atom stereocenters. The predicted octanol–water partition coefficient (Wildman–Crippen LogP) is 1.83. The maximum absolute atomic E-state index is 14.0. The molecular formula is C21H20ClFN4O3. The summed E-state index contributed by atoms with van der Waals surface area (Å²) < 4.78 is 15.1. The van der Waals surface area contributed by atoms with Crippen LogP contribution in [0.1, 0.15) is 5.56 Å². The molecular weight excluding hydrogens is 411 g/mol. The molecule has 0 radical (unpaired) electrons. The van der Waals surface area contributed by atoms with Gasteiger partial charge >= 0.3 is 0 Å². The molecule has 9 heteroatoms. The van der Waals surface area contributed by atoms with Crippen LogP contribution in [0, 0.1) is 5.82 Å². The van der Waals surface area contributed by atoms with Crippen LogP contribution in [0.3, 0.4) is 0 Å². The number of H-pyrrole nitrogens is 1. The smallest absolute Gasteiger partial charge is 0.273 e. The quantitative estimate of drug-likeness (QED) is 0.685. The molecule has 3 aromatic rings. The summed E-state index contributed by atoms with van der Waals surface area (Å²) in [5.41, 5.74) is -0.379. The molecule has 1 aliphatic rings. The lowest BCUT2D eigenvalue weighted by Gasteiger charge is -2.35. The lowest BCUT2D eigenvalue weighted by molar-refractivity contribution is -0.133. The topological polar surface area (TPSA) is 78.4 Å². The van der Waals surface area contributed by atoms with E-state index in [2.05, 4.69) is 5.10 Å². The number of aromatic nitrogens is 2. The van der Waals surface area contributed by atoms with Gasteiger partial charge in [0.2, 0.25) is 5.91 Å². The summed E-state index contributed by atoms with van der Waals surface area (Å²) in [6, 6.07) is 11.1. The minimum Gasteiger partial charge on any atom is -0.339 e. The third-order valence-corrected chi connectivity index (χ3v) is 5.70. The lowest BCUT2D eigenvalue weighted by Crippen LogP contribution is -2.50. The van der Waals surface area contributed by atoms with Crippen molar-refractivity contribution < 1.29 is 9.18 Å². The molecule has 1 N–H and O–H groups in total. The number of benzene rings is 2. The van der Waals surface area contributed by atoms with Crippen molar-refractivity contribution in [2.75, 3.05) is 26.2 Å². The molecule has 0 saturated carbocycles. The number of hydrogen-bond acceptors (Lipinski definition) is 4. The fourth-order valence-electron chi connectivity index (χ4n) is 3.66. The van der Waals surface area contributed by atoms with Crippen LogP contribution in [-0.2, 0) is 17.9 Å². The molecule has 1 amide bonds. The number of aromatic amines is 1. The first kappa shape index (κ1) is 20.3. The molecule has 2 heterocycles. The number of nitrogens with one attached hydrogen (secondary N) is 1. The number of nitrogens with zero attached hydrogens (tertiary/aromatic N) is 3. The lowest BCUT2D eigenvalue weighted by atomic mass is 10.2. The molecule has 1 aliphatic heterocycles. The number of amides is 1. The second kappa shape index (κ2) is 8.41. The number of piperazine rings is 1. The molecule has 0 aliphatic carbocycles. The monoisotopic (exact) mass is 430 g/mol. The minimum absolute atomic E-state index is 0.238. The summed E-state index contributed by atoms with van der Waals surface area (Å²) in [5.74, 6) is -0.604. The second-order valence-corrected chi connectivity index (χ2v) is 7.64. The molecule has 4 rings (SSSR count). The SMILES string of the molecule is O=C(Cn1[nH]c(=O)c2ccccc2c1=O)N1CCN(Cc2c(F)cccc2Cl)CC1. The third kappa shape index (κ3) is 4.01. The van der Waals surface area contributed by atoms with Gasteiger partial charge in [0.15, 0.2) is 0 Å². The fourth-order valence-corrected chi connectivity index (χ4v) is 3.88. The van der Waals surface area contributed by atoms with E-state index in [0.717, 1.165) is 4.68 Å². The van der Waals surface area contributed by atoms with E-state index in [9.17, 15) is 18.8 Å². The highest BCUT2D eigenvalue weighted by Crippen LogP contribution is 2.21. The van der Waals surface area contributed by atoms with Crippen molar-refractivity contribution in [2.45, 2.75) is 13.1 Å². The Morgan fingerprint density at radius 1 is 1.00 bits per heavy atom. The molecule has 30 heavy (non-hydrogen) atoms. The van der Waals surface area contributed by atoms with Crippen molar-refractivity contribution in [1.82, 2.24) is 19.6 Å². The van der Waals surface area contributed by atoms with Gasteiger partial charge in [-0.3, -0.25) is 24.4 Å². The molecule has 156 valence electrons. The van der Waals surface area contributed by atoms with E-state index in [-0.39, 0.29) is 23.7 Å². The van der Waals surface area contributed by atoms with Crippen molar-refractivity contribution in [2.24, 2.45) is 0 Å². The fraction of sp³-hybridized carbons (Fsp3) is 0.286. The molecule has 1 aromatic heterocycles. The summed E-state index contributed by atoms with van der Waals surface area (Å²) in [6.45, 7) is 2.12. The van der Waals surface area contributed by atoms with Gasteiger partial charge in [-0.1, -0.05) is 29.8 Å². The summed E-state index contributed by atoms with van der Waals surface area (Å²) in [5, 5.41) is 3.44. The van der Waals surface area contributed by atoms with Gasteiger partial charge in [-0.25, -0.2) is 9.07 Å². The molecule has 1 saturated heterocycles. The van der Waals surface area contributed by atoms with E-state index in [0.29, 0.717) is 48.7 Å². The van der Waals surface area contributed by atoms with E-state index < -0.39 is 11.1 Å². The summed E-state index contributed by atoms with van der Waals surface area (Å²) >= 11 is 6.09. The predicted molar refractivity (Wildman–Crippen MR) is 112 cm³/mol. The van der Waals surface area contributed by atoms with Gasteiger partial charge in [-0.05, 0) is 24.3 Å². The van der Waals surface area contributed by atoms with Crippen LogP contribution in [0.2, 0.25) is 5.02 Å². The highest BCUT2D eigenvalue weighted by Gasteiger charge is 2.23. The second-order valence-electron chi connectivity index (χ2n) is 7.23. The van der Waals surface area contributed by atoms with Crippen molar-refractivity contribution in [3.8, 4) is 0 Å². The number of hydrogen-bond donors (Lipinski definition) is 1. The zero-order valence-electron chi connectivity index (χ0n) is 16.1. The van der Waals surface area contributed by atoms with Gasteiger partial charge in [0.05, 0.1) is 10.8 Å². The van der Waals surface area contributed by atoms with E-state index in [1.807, 2.05) is 4.90 Å². The van der Waals surface area contributed by atoms with Gasteiger partial charge in [0, 0.05) is 43.3 Å². The van der Waals surface area contributed by atoms with Crippen molar-refractivity contribution in [3.63, 3.8) is 0 Å². The minimum atomic E-state index is -0.412. The average molecular weight is 431 g/mol. The Morgan fingerprint density at radius 2 is 1.70 bits per heavy atom. The van der Waals surface area contributed by atoms with E-state index in [1.165, 1.54) is 6.07 Å². The van der Waals surface area contributed by atoms with E-state index in [4.69, 9.17) is 11.6 Å². The normalized spacial score (nSPS) is 14.9. The Kier molecular flexibility index (Phi) is 5.69. The number of halogens is 2. The number of fused-ring (bicyclic) bond motifs is 1. The van der Waals surface area contributed by atoms with Crippen LogP contribution in [-0.4, -0.2) is 51.7 Å². The van der Waals surface area contributed by atoms with Crippen LogP contribution in [0.5, 0.6) is 0 Å². The highest BCUT2D eigenvalue weighted by molar-refractivity contribution is 6.31. The maximum atomic E-state index is 14.0. The Morgan fingerprint density at radius 3 is 2.40 bits per heavy atom. The summed E-state index contributed by atoms with van der Waals surface area (Å²) in [6.07, 6.45) is 0. The number of rotatable bonds is 4. The molecule has 7 nitrogen and oxygen atoms in total. The summed E-state index contributed by atoms with van der Waals surface area (Å²) in [4.78, 5) is 41.1. The first-order valence-corrected chi connectivity index (χ1v) is 9.96. The Bertz CT molecular complexity index is 1190. The Hall–Kier alpha value is -2.97. The van der Waals surface area contributed by atoms with Crippen LogP contribution >= 0.6 is 11.6 Å². The number of carbonyl (C=O) groups excluding carboxylic acids is 1. The molecule has 1 fully saturated rings. The zero-order valence-corrected chi connectivity index (χ0v) is 16.9. The van der Waals surface area contributed by atoms with Gasteiger partial charge in [0.25, 0.3) is 11.1 Å². The first-order chi connectivity index (χ1) is 14.4. The standard InChI is InChI=1S/C21H20ClFN4O3/c22-17-6-3-7-18(23)16(17)12-25-8-10-26(11-9-25)19(28)13-27-21(30)15-5-2-1-4-14(15)20(29)24-27/h1-7H,8-13H2,(H,24,29). The van der Waals surface area contributed by atoms with Crippen LogP contribution in [0.4, 0.5) is 4.39 Å². The maximum Gasteiger partial charge on any atom is 0.273 e. The molecule has 0 bridgehead atoms. The number of carbonyl (C=O) groups is 1. The summed E-state index contributed by atoms with van der Waals surface area (Å²) in [7, 11) is 0.